The number of rotatable bonds is 7. The Labute approximate surface area is 170 Å². The molecule has 1 aromatic heterocycles. The molecule has 28 heavy (non-hydrogen) atoms. The Bertz CT molecular complexity index is 968. The van der Waals surface area contributed by atoms with E-state index in [-0.39, 0.29) is 11.6 Å². The molecule has 0 bridgehead atoms. The molecule has 0 aliphatic carbocycles. The van der Waals surface area contributed by atoms with Gasteiger partial charge >= 0.3 is 0 Å². The van der Waals surface area contributed by atoms with Crippen molar-refractivity contribution in [1.82, 2.24) is 10.3 Å². The van der Waals surface area contributed by atoms with Gasteiger partial charge in [0.05, 0.1) is 16.3 Å². The minimum absolute atomic E-state index is 0.0576. The lowest BCUT2D eigenvalue weighted by Gasteiger charge is -2.19. The molecule has 0 unspecified atom stereocenters. The molecule has 0 fully saturated rings. The molecule has 0 spiro atoms. The molecule has 7 nitrogen and oxygen atoms in total. The van der Waals surface area contributed by atoms with Crippen molar-refractivity contribution in [1.29, 1.82) is 0 Å². The summed E-state index contributed by atoms with van der Waals surface area (Å²) in [7, 11) is 0. The number of aromatic nitrogens is 1. The van der Waals surface area contributed by atoms with Crippen molar-refractivity contribution < 1.29 is 9.72 Å². The van der Waals surface area contributed by atoms with E-state index < -0.39 is 11.0 Å². The van der Waals surface area contributed by atoms with E-state index in [1.54, 1.807) is 6.20 Å². The third kappa shape index (κ3) is 4.99. The standard InChI is InChI=1S/C20H17BrN4O3/c21-17-12-16(25(27)28)9-10-18(17)24-20(26)19(14-6-2-1-3-7-14)23-13-15-8-4-5-11-22-15/h1-12,19,23H,13H2,(H,24,26)/t19-/m0/s1. The Morgan fingerprint density at radius 3 is 2.50 bits per heavy atom. The summed E-state index contributed by atoms with van der Waals surface area (Å²) in [6, 6.07) is 18.5. The number of nitro groups is 1. The first-order valence-electron chi connectivity index (χ1n) is 8.47. The highest BCUT2D eigenvalue weighted by molar-refractivity contribution is 9.10. The van der Waals surface area contributed by atoms with Gasteiger partial charge in [-0.25, -0.2) is 0 Å². The molecule has 0 saturated carbocycles. The molecule has 3 rings (SSSR count). The van der Waals surface area contributed by atoms with Crippen LogP contribution in [0.2, 0.25) is 0 Å². The Morgan fingerprint density at radius 2 is 1.86 bits per heavy atom. The van der Waals surface area contributed by atoms with Crippen molar-refractivity contribution in [2.75, 3.05) is 5.32 Å². The third-order valence-corrected chi connectivity index (χ3v) is 4.69. The number of amides is 1. The molecule has 142 valence electrons. The van der Waals surface area contributed by atoms with Crippen molar-refractivity contribution in [3.63, 3.8) is 0 Å². The van der Waals surface area contributed by atoms with Crippen LogP contribution in [-0.2, 0) is 11.3 Å². The summed E-state index contributed by atoms with van der Waals surface area (Å²) >= 11 is 3.28. The molecule has 0 radical (unpaired) electrons. The third-order valence-electron chi connectivity index (χ3n) is 4.03. The van der Waals surface area contributed by atoms with Gasteiger partial charge in [-0.05, 0) is 39.7 Å². The van der Waals surface area contributed by atoms with Crippen molar-refractivity contribution in [3.05, 3.63) is 98.8 Å². The Kier molecular flexibility index (Phi) is 6.46. The maximum atomic E-state index is 13.0. The molecule has 0 aliphatic rings. The number of carbonyl (C=O) groups excluding carboxylic acids is 1. The van der Waals surface area contributed by atoms with Crippen molar-refractivity contribution in [2.45, 2.75) is 12.6 Å². The van der Waals surface area contributed by atoms with E-state index in [2.05, 4.69) is 31.5 Å². The van der Waals surface area contributed by atoms with Gasteiger partial charge in [-0.3, -0.25) is 25.2 Å². The second kappa shape index (κ2) is 9.20. The van der Waals surface area contributed by atoms with Gasteiger partial charge in [-0.2, -0.15) is 0 Å². The number of pyridine rings is 1. The second-order valence-electron chi connectivity index (χ2n) is 5.96. The number of nitrogens with one attached hydrogen (secondary N) is 2. The van der Waals surface area contributed by atoms with Gasteiger partial charge in [0.15, 0.2) is 0 Å². The summed E-state index contributed by atoms with van der Waals surface area (Å²) in [4.78, 5) is 27.6. The number of anilines is 1. The SMILES string of the molecule is O=C(Nc1ccc([N+](=O)[O-])cc1Br)[C@@H](NCc1ccccn1)c1ccccc1. The first-order valence-corrected chi connectivity index (χ1v) is 9.27. The monoisotopic (exact) mass is 440 g/mol. The smallest absolute Gasteiger partial charge is 0.270 e. The van der Waals surface area contributed by atoms with E-state index in [9.17, 15) is 14.9 Å². The summed E-state index contributed by atoms with van der Waals surface area (Å²) in [6.45, 7) is 0.412. The quantitative estimate of drug-likeness (QED) is 0.423. The van der Waals surface area contributed by atoms with E-state index in [4.69, 9.17) is 0 Å². The molecule has 2 aromatic carbocycles. The molecule has 3 aromatic rings. The van der Waals surface area contributed by atoms with Crippen LogP contribution in [0.25, 0.3) is 0 Å². The predicted octanol–water partition coefficient (Wildman–Crippen LogP) is 4.22. The minimum atomic E-state index is -0.620. The lowest BCUT2D eigenvalue weighted by atomic mass is 10.1. The zero-order valence-corrected chi connectivity index (χ0v) is 16.3. The van der Waals surface area contributed by atoms with Gasteiger partial charge in [0.1, 0.15) is 6.04 Å². The summed E-state index contributed by atoms with van der Waals surface area (Å²) in [5.74, 6) is -0.281. The number of carbonyl (C=O) groups is 1. The van der Waals surface area contributed by atoms with Gasteiger partial charge in [-0.15, -0.1) is 0 Å². The molecule has 1 heterocycles. The number of benzene rings is 2. The summed E-state index contributed by atoms with van der Waals surface area (Å²) in [5.41, 5.74) is 2.01. The molecule has 0 aliphatic heterocycles. The van der Waals surface area contributed by atoms with Crippen molar-refractivity contribution in [3.8, 4) is 0 Å². The highest BCUT2D eigenvalue weighted by Crippen LogP contribution is 2.28. The van der Waals surface area contributed by atoms with Crippen molar-refractivity contribution in [2.24, 2.45) is 0 Å². The highest BCUT2D eigenvalue weighted by Gasteiger charge is 2.21. The average Bonchev–Trinajstić information content (AvgIpc) is 2.71. The fourth-order valence-electron chi connectivity index (χ4n) is 2.64. The van der Waals surface area contributed by atoms with E-state index in [1.165, 1.54) is 18.2 Å². The minimum Gasteiger partial charge on any atom is -0.323 e. The number of nitrogens with zero attached hydrogens (tertiary/aromatic N) is 2. The lowest BCUT2D eigenvalue weighted by Crippen LogP contribution is -2.33. The number of hydrogen-bond donors (Lipinski definition) is 2. The molecule has 0 saturated heterocycles. The summed E-state index contributed by atoms with van der Waals surface area (Å²) < 4.78 is 0.437. The van der Waals surface area contributed by atoms with Gasteiger partial charge < -0.3 is 5.32 Å². The zero-order valence-electron chi connectivity index (χ0n) is 14.7. The fourth-order valence-corrected chi connectivity index (χ4v) is 3.11. The Morgan fingerprint density at radius 1 is 1.11 bits per heavy atom. The number of hydrogen-bond acceptors (Lipinski definition) is 5. The van der Waals surface area contributed by atoms with Crippen LogP contribution in [0.5, 0.6) is 0 Å². The molecule has 8 heteroatoms. The van der Waals surface area contributed by atoms with Gasteiger partial charge in [0, 0.05) is 29.3 Å². The normalized spacial score (nSPS) is 11.6. The van der Waals surface area contributed by atoms with Crippen LogP contribution in [0.15, 0.2) is 77.4 Å². The van der Waals surface area contributed by atoms with Crippen LogP contribution < -0.4 is 10.6 Å². The van der Waals surface area contributed by atoms with Crippen LogP contribution >= 0.6 is 15.9 Å². The summed E-state index contributed by atoms with van der Waals surface area (Å²) in [5, 5.41) is 16.9. The van der Waals surface area contributed by atoms with E-state index in [1.807, 2.05) is 48.5 Å². The Hall–Kier alpha value is -3.10. The largest absolute Gasteiger partial charge is 0.323 e. The van der Waals surface area contributed by atoms with E-state index in [0.717, 1.165) is 11.3 Å². The number of non-ortho nitro benzene ring substituents is 1. The van der Waals surface area contributed by atoms with Crippen LogP contribution in [0, 0.1) is 10.1 Å². The fraction of sp³-hybridized carbons (Fsp3) is 0.100. The van der Waals surface area contributed by atoms with Crippen molar-refractivity contribution >= 4 is 33.2 Å². The molecule has 1 amide bonds. The van der Waals surface area contributed by atoms with Gasteiger partial charge in [0.25, 0.3) is 5.69 Å². The predicted molar refractivity (Wildman–Crippen MR) is 110 cm³/mol. The zero-order chi connectivity index (χ0) is 19.9. The second-order valence-corrected chi connectivity index (χ2v) is 6.81. The molecule has 1 atom stereocenters. The molecule has 2 N–H and O–H groups in total. The maximum Gasteiger partial charge on any atom is 0.270 e. The van der Waals surface area contributed by atoms with Crippen LogP contribution in [0.1, 0.15) is 17.3 Å². The maximum absolute atomic E-state index is 13.0. The molecular weight excluding hydrogens is 424 g/mol. The number of nitro benzene ring substituents is 1. The number of halogens is 1. The highest BCUT2D eigenvalue weighted by atomic mass is 79.9. The average molecular weight is 441 g/mol. The lowest BCUT2D eigenvalue weighted by molar-refractivity contribution is -0.384. The van der Waals surface area contributed by atoms with E-state index in [0.29, 0.717) is 16.7 Å². The van der Waals surface area contributed by atoms with Crippen LogP contribution in [-0.4, -0.2) is 15.8 Å². The topological polar surface area (TPSA) is 97.2 Å². The van der Waals surface area contributed by atoms with Crippen LogP contribution in [0.4, 0.5) is 11.4 Å². The van der Waals surface area contributed by atoms with Crippen LogP contribution in [0.3, 0.4) is 0 Å². The summed E-state index contributed by atoms with van der Waals surface area (Å²) in [6.07, 6.45) is 1.70. The first-order chi connectivity index (χ1) is 13.5. The van der Waals surface area contributed by atoms with E-state index >= 15 is 0 Å². The molecular formula is C20H17BrN4O3. The Balaban J connectivity index is 1.79. The van der Waals surface area contributed by atoms with Gasteiger partial charge in [0.2, 0.25) is 5.91 Å². The van der Waals surface area contributed by atoms with Gasteiger partial charge in [-0.1, -0.05) is 36.4 Å². The first kappa shape index (κ1) is 19.7.